The quantitative estimate of drug-likeness (QED) is 0.771. The third kappa shape index (κ3) is 4.23. The summed E-state index contributed by atoms with van der Waals surface area (Å²) in [5.74, 6) is -0.169. The number of carboxylic acids is 1. The molecule has 1 atom stereocenters. The number of amides is 1. The number of aryl methyl sites for hydroxylation is 1. The Hall–Kier alpha value is -2.39. The lowest BCUT2D eigenvalue weighted by Gasteiger charge is -2.18. The molecule has 3 rings (SSSR count). The number of carbonyl (C=O) groups excluding carboxylic acids is 1. The second-order valence-corrected chi connectivity index (χ2v) is 7.26. The second kappa shape index (κ2) is 7.88. The van der Waals surface area contributed by atoms with Gasteiger partial charge in [-0.2, -0.15) is 4.80 Å². The van der Waals surface area contributed by atoms with Crippen LogP contribution in [-0.4, -0.2) is 59.8 Å². The minimum absolute atomic E-state index is 0.335. The first-order valence-corrected chi connectivity index (χ1v) is 9.22. The summed E-state index contributed by atoms with van der Waals surface area (Å²) in [6, 6.07) is 5.29. The van der Waals surface area contributed by atoms with Crippen molar-refractivity contribution in [1.29, 1.82) is 0 Å². The van der Waals surface area contributed by atoms with Crippen molar-refractivity contribution in [2.75, 3.05) is 12.3 Å². The van der Waals surface area contributed by atoms with E-state index in [1.807, 2.05) is 0 Å². The molecule has 1 aliphatic rings. The SMILES string of the molecule is Cc1nnn(Cc2cc(Cl)ccc2C=CC(=O)N2CCSC2C(=O)O)n1. The lowest BCUT2D eigenvalue weighted by atomic mass is 10.1. The Morgan fingerprint density at radius 3 is 2.96 bits per heavy atom. The molecule has 1 aliphatic heterocycles. The average molecular weight is 394 g/mol. The van der Waals surface area contributed by atoms with Crippen LogP contribution < -0.4 is 0 Å². The molecule has 0 aliphatic carbocycles. The summed E-state index contributed by atoms with van der Waals surface area (Å²) in [4.78, 5) is 26.4. The van der Waals surface area contributed by atoms with Gasteiger partial charge in [-0.15, -0.1) is 22.0 Å². The molecule has 1 aromatic heterocycles. The van der Waals surface area contributed by atoms with E-state index in [9.17, 15) is 14.7 Å². The van der Waals surface area contributed by atoms with Crippen molar-refractivity contribution in [3.8, 4) is 0 Å². The molecule has 0 spiro atoms. The topological polar surface area (TPSA) is 101 Å². The second-order valence-electron chi connectivity index (χ2n) is 5.64. The summed E-state index contributed by atoms with van der Waals surface area (Å²) >= 11 is 7.32. The van der Waals surface area contributed by atoms with E-state index in [0.717, 1.165) is 11.1 Å². The molecule has 10 heteroatoms. The fourth-order valence-corrected chi connectivity index (χ4v) is 3.83. The van der Waals surface area contributed by atoms with Gasteiger partial charge in [-0.3, -0.25) is 4.79 Å². The normalized spacial score (nSPS) is 17.2. The van der Waals surface area contributed by atoms with Gasteiger partial charge in [-0.05, 0) is 41.5 Å². The lowest BCUT2D eigenvalue weighted by Crippen LogP contribution is -2.38. The van der Waals surface area contributed by atoms with Crippen LogP contribution in [0.1, 0.15) is 17.0 Å². The molecule has 0 bridgehead atoms. The van der Waals surface area contributed by atoms with Gasteiger partial charge in [0.1, 0.15) is 0 Å². The first kappa shape index (κ1) is 18.4. The number of aromatic nitrogens is 4. The number of nitrogens with zero attached hydrogens (tertiary/aromatic N) is 5. The van der Waals surface area contributed by atoms with Gasteiger partial charge in [0.15, 0.2) is 11.2 Å². The minimum atomic E-state index is -1.01. The molecular formula is C16H16ClN5O3S. The van der Waals surface area contributed by atoms with Gasteiger partial charge in [-0.25, -0.2) is 4.79 Å². The Morgan fingerprint density at radius 1 is 1.46 bits per heavy atom. The number of aliphatic carboxylic acids is 1. The molecule has 2 aromatic rings. The molecule has 136 valence electrons. The van der Waals surface area contributed by atoms with Gasteiger partial charge in [0, 0.05) is 23.4 Å². The Labute approximate surface area is 158 Å². The Kier molecular flexibility index (Phi) is 5.58. The van der Waals surface area contributed by atoms with Crippen LogP contribution in [0.25, 0.3) is 6.08 Å². The van der Waals surface area contributed by atoms with E-state index in [1.165, 1.54) is 27.5 Å². The molecular weight excluding hydrogens is 378 g/mol. The number of carbonyl (C=O) groups is 2. The van der Waals surface area contributed by atoms with Crippen molar-refractivity contribution in [1.82, 2.24) is 25.1 Å². The highest BCUT2D eigenvalue weighted by molar-refractivity contribution is 8.00. The zero-order chi connectivity index (χ0) is 18.7. The summed E-state index contributed by atoms with van der Waals surface area (Å²) in [7, 11) is 0. The van der Waals surface area contributed by atoms with Gasteiger partial charge in [-0.1, -0.05) is 17.7 Å². The van der Waals surface area contributed by atoms with Crippen LogP contribution in [0.5, 0.6) is 0 Å². The third-order valence-corrected chi connectivity index (χ3v) is 5.19. The standard InChI is InChI=1S/C16H16ClN5O3S/c1-10-18-20-22(19-10)9-12-8-13(17)4-2-11(12)3-5-14(23)21-6-7-26-15(21)16(24)25/h2-5,8,15H,6-7,9H2,1H3,(H,24,25). The van der Waals surface area contributed by atoms with Crippen molar-refractivity contribution < 1.29 is 14.7 Å². The van der Waals surface area contributed by atoms with E-state index >= 15 is 0 Å². The Bertz CT molecular complexity index is 869. The number of benzene rings is 1. The fraction of sp³-hybridized carbons (Fsp3) is 0.312. The molecule has 1 saturated heterocycles. The molecule has 2 heterocycles. The lowest BCUT2D eigenvalue weighted by molar-refractivity contribution is -0.143. The zero-order valence-corrected chi connectivity index (χ0v) is 15.4. The summed E-state index contributed by atoms with van der Waals surface area (Å²) in [5.41, 5.74) is 1.60. The van der Waals surface area contributed by atoms with Crippen LogP contribution >= 0.6 is 23.4 Å². The number of carboxylic acid groups (broad SMARTS) is 1. The van der Waals surface area contributed by atoms with Gasteiger partial charge in [0.2, 0.25) is 5.91 Å². The van der Waals surface area contributed by atoms with Gasteiger partial charge >= 0.3 is 5.97 Å². The summed E-state index contributed by atoms with van der Waals surface area (Å²) < 4.78 is 0. The highest BCUT2D eigenvalue weighted by atomic mass is 35.5. The van der Waals surface area contributed by atoms with Gasteiger partial charge in [0.25, 0.3) is 0 Å². The summed E-state index contributed by atoms with van der Waals surface area (Å²) in [5, 5.41) is 20.8. The molecule has 1 unspecified atom stereocenters. The van der Waals surface area contributed by atoms with E-state index in [-0.39, 0.29) is 5.91 Å². The number of thioether (sulfide) groups is 1. The van der Waals surface area contributed by atoms with E-state index in [0.29, 0.717) is 29.7 Å². The maximum Gasteiger partial charge on any atom is 0.337 e. The first-order valence-electron chi connectivity index (χ1n) is 7.80. The molecule has 1 aromatic carbocycles. The van der Waals surface area contributed by atoms with Crippen LogP contribution in [-0.2, 0) is 16.1 Å². The number of hydrogen-bond acceptors (Lipinski definition) is 6. The summed E-state index contributed by atoms with van der Waals surface area (Å²) in [6.45, 7) is 2.51. The molecule has 26 heavy (non-hydrogen) atoms. The largest absolute Gasteiger partial charge is 0.479 e. The van der Waals surface area contributed by atoms with Crippen LogP contribution in [0.3, 0.4) is 0 Å². The molecule has 1 N–H and O–H groups in total. The number of tetrazole rings is 1. The predicted octanol–water partition coefficient (Wildman–Crippen LogP) is 1.68. The van der Waals surface area contributed by atoms with E-state index in [1.54, 1.807) is 31.2 Å². The first-order chi connectivity index (χ1) is 12.4. The highest BCUT2D eigenvalue weighted by Crippen LogP contribution is 2.24. The van der Waals surface area contributed by atoms with Crippen LogP contribution in [0.15, 0.2) is 24.3 Å². The van der Waals surface area contributed by atoms with Crippen molar-refractivity contribution in [2.24, 2.45) is 0 Å². The Morgan fingerprint density at radius 2 is 2.27 bits per heavy atom. The van der Waals surface area contributed by atoms with Crippen molar-refractivity contribution in [3.05, 3.63) is 46.2 Å². The van der Waals surface area contributed by atoms with Crippen molar-refractivity contribution in [2.45, 2.75) is 18.8 Å². The highest BCUT2D eigenvalue weighted by Gasteiger charge is 2.33. The van der Waals surface area contributed by atoms with Crippen LogP contribution in [0.2, 0.25) is 5.02 Å². The number of hydrogen-bond donors (Lipinski definition) is 1. The zero-order valence-electron chi connectivity index (χ0n) is 13.9. The smallest absolute Gasteiger partial charge is 0.337 e. The number of rotatable bonds is 5. The van der Waals surface area contributed by atoms with Crippen molar-refractivity contribution >= 4 is 41.3 Å². The number of halogens is 1. The van der Waals surface area contributed by atoms with E-state index in [2.05, 4.69) is 15.4 Å². The molecule has 1 amide bonds. The van der Waals surface area contributed by atoms with Crippen LogP contribution in [0.4, 0.5) is 0 Å². The average Bonchev–Trinajstić information content (AvgIpc) is 3.23. The molecule has 1 fully saturated rings. The minimum Gasteiger partial charge on any atom is -0.479 e. The van der Waals surface area contributed by atoms with E-state index in [4.69, 9.17) is 11.6 Å². The predicted molar refractivity (Wildman–Crippen MR) is 97.7 cm³/mol. The fourth-order valence-electron chi connectivity index (χ4n) is 2.57. The Balaban J connectivity index is 1.79. The van der Waals surface area contributed by atoms with Crippen molar-refractivity contribution in [3.63, 3.8) is 0 Å². The molecule has 8 nitrogen and oxygen atoms in total. The maximum absolute atomic E-state index is 12.4. The van der Waals surface area contributed by atoms with E-state index < -0.39 is 11.3 Å². The monoisotopic (exact) mass is 393 g/mol. The van der Waals surface area contributed by atoms with Gasteiger partial charge in [0.05, 0.1) is 6.54 Å². The summed E-state index contributed by atoms with van der Waals surface area (Å²) in [6.07, 6.45) is 3.04. The maximum atomic E-state index is 12.4. The molecule has 0 radical (unpaired) electrons. The third-order valence-electron chi connectivity index (χ3n) is 3.76. The molecule has 0 saturated carbocycles. The van der Waals surface area contributed by atoms with Gasteiger partial charge < -0.3 is 10.0 Å². The van der Waals surface area contributed by atoms with Crippen LogP contribution in [0, 0.1) is 6.92 Å².